The zero-order chi connectivity index (χ0) is 22.2. The minimum absolute atomic E-state index is 0.0193. The number of urea groups is 1. The maximum atomic E-state index is 12.3. The average Bonchev–Trinajstić information content (AvgIpc) is 2.75. The summed E-state index contributed by atoms with van der Waals surface area (Å²) < 4.78 is 11.1. The van der Waals surface area contributed by atoms with Crippen LogP contribution in [-0.4, -0.2) is 23.5 Å². The number of nitrogens with one attached hydrogen (secondary N) is 1. The maximum absolute atomic E-state index is 12.3. The summed E-state index contributed by atoms with van der Waals surface area (Å²) in [6.07, 6.45) is 0. The number of nitro benzene ring substituents is 1. The van der Waals surface area contributed by atoms with E-state index in [1.54, 1.807) is 55.5 Å². The van der Waals surface area contributed by atoms with Gasteiger partial charge in [0, 0.05) is 17.8 Å². The summed E-state index contributed by atoms with van der Waals surface area (Å²) in [5, 5.41) is 13.8. The number of aliphatic imine (C=N–C) groups is 1. The van der Waals surface area contributed by atoms with Crippen LogP contribution in [0.1, 0.15) is 12.5 Å². The highest BCUT2D eigenvalue weighted by Crippen LogP contribution is 2.25. The molecule has 158 valence electrons. The zero-order valence-corrected chi connectivity index (χ0v) is 17.2. The van der Waals surface area contributed by atoms with Crippen LogP contribution in [-0.2, 0) is 4.74 Å². The molecule has 1 N–H and O–H groups in total. The van der Waals surface area contributed by atoms with E-state index in [-0.39, 0.29) is 11.6 Å². The number of anilines is 1. The Morgan fingerprint density at radius 3 is 2.23 bits per heavy atom. The van der Waals surface area contributed by atoms with Crippen LogP contribution in [0.25, 0.3) is 0 Å². The Kier molecular flexibility index (Phi) is 7.18. The Morgan fingerprint density at radius 2 is 1.65 bits per heavy atom. The van der Waals surface area contributed by atoms with Crippen molar-refractivity contribution in [2.45, 2.75) is 6.92 Å². The standard InChI is InChI=1S/C22H18ClN3O5/c1-2-30-21(19-5-3-4-6-20(19)23)25-22(27)24-15-7-11-17(12-8-15)31-18-13-9-16(10-14-18)26(28)29/h3-14H,2H2,1H3,(H,24,27)/b25-21-. The number of ether oxygens (including phenoxy) is 2. The van der Waals surface area contributed by atoms with Gasteiger partial charge in [-0.25, -0.2) is 4.79 Å². The SMILES string of the molecule is CCO/C(=N\C(=O)Nc1ccc(Oc2ccc([N+](=O)[O-])cc2)cc1)c1ccccc1Cl. The van der Waals surface area contributed by atoms with Crippen molar-refractivity contribution in [3.8, 4) is 11.5 Å². The molecule has 0 bridgehead atoms. The first-order valence-corrected chi connectivity index (χ1v) is 9.64. The van der Waals surface area contributed by atoms with Crippen LogP contribution >= 0.6 is 11.6 Å². The van der Waals surface area contributed by atoms with Crippen molar-refractivity contribution < 1.29 is 19.2 Å². The van der Waals surface area contributed by atoms with Crippen LogP contribution < -0.4 is 10.1 Å². The van der Waals surface area contributed by atoms with Crippen molar-refractivity contribution in [1.82, 2.24) is 0 Å². The number of hydrogen-bond donors (Lipinski definition) is 1. The summed E-state index contributed by atoms with van der Waals surface area (Å²) in [4.78, 5) is 26.5. The summed E-state index contributed by atoms with van der Waals surface area (Å²) in [5.41, 5.74) is 1.00. The first kappa shape index (κ1) is 21.8. The Hall–Kier alpha value is -3.91. The number of nitrogens with zero attached hydrogens (tertiary/aromatic N) is 2. The van der Waals surface area contributed by atoms with Gasteiger partial charge in [-0.2, -0.15) is 4.99 Å². The number of halogens is 1. The lowest BCUT2D eigenvalue weighted by Crippen LogP contribution is -2.14. The summed E-state index contributed by atoms with van der Waals surface area (Å²) in [7, 11) is 0. The first-order valence-electron chi connectivity index (χ1n) is 9.26. The third kappa shape index (κ3) is 6.03. The molecular weight excluding hydrogens is 422 g/mol. The lowest BCUT2D eigenvalue weighted by Gasteiger charge is -2.10. The lowest BCUT2D eigenvalue weighted by molar-refractivity contribution is -0.384. The van der Waals surface area contributed by atoms with Gasteiger partial charge in [0.15, 0.2) is 0 Å². The molecule has 3 rings (SSSR count). The molecule has 0 heterocycles. The van der Waals surface area contributed by atoms with Gasteiger partial charge in [0.1, 0.15) is 11.5 Å². The second kappa shape index (κ2) is 10.2. The molecule has 3 aromatic carbocycles. The first-order chi connectivity index (χ1) is 15.0. The quantitative estimate of drug-likeness (QED) is 0.218. The number of rotatable bonds is 6. The zero-order valence-electron chi connectivity index (χ0n) is 16.4. The molecule has 0 saturated carbocycles. The molecule has 0 radical (unpaired) electrons. The third-order valence-corrected chi connectivity index (χ3v) is 4.31. The Bertz CT molecular complexity index is 1100. The smallest absolute Gasteiger partial charge is 0.348 e. The van der Waals surface area contributed by atoms with E-state index in [1.807, 2.05) is 0 Å². The third-order valence-electron chi connectivity index (χ3n) is 3.98. The largest absolute Gasteiger partial charge is 0.477 e. The van der Waals surface area contributed by atoms with Crippen molar-refractivity contribution in [3.05, 3.63) is 93.5 Å². The van der Waals surface area contributed by atoms with Crippen molar-refractivity contribution in [3.63, 3.8) is 0 Å². The summed E-state index contributed by atoms with van der Waals surface area (Å²) in [5.74, 6) is 1.08. The van der Waals surface area contributed by atoms with Gasteiger partial charge in [-0.15, -0.1) is 0 Å². The van der Waals surface area contributed by atoms with Crippen molar-refractivity contribution in [2.24, 2.45) is 4.99 Å². The molecule has 0 saturated heterocycles. The highest BCUT2D eigenvalue weighted by molar-refractivity contribution is 6.34. The lowest BCUT2D eigenvalue weighted by atomic mass is 10.2. The van der Waals surface area contributed by atoms with Gasteiger partial charge in [0.05, 0.1) is 22.1 Å². The van der Waals surface area contributed by atoms with Gasteiger partial charge < -0.3 is 14.8 Å². The minimum atomic E-state index is -0.618. The molecular formula is C22H18ClN3O5. The van der Waals surface area contributed by atoms with Crippen molar-refractivity contribution in [1.29, 1.82) is 0 Å². The van der Waals surface area contributed by atoms with E-state index >= 15 is 0 Å². The van der Waals surface area contributed by atoms with Crippen molar-refractivity contribution in [2.75, 3.05) is 11.9 Å². The van der Waals surface area contributed by atoms with Gasteiger partial charge in [0.25, 0.3) is 5.69 Å². The topological polar surface area (TPSA) is 103 Å². The van der Waals surface area contributed by atoms with E-state index < -0.39 is 11.0 Å². The fraction of sp³-hybridized carbons (Fsp3) is 0.0909. The van der Waals surface area contributed by atoms with Gasteiger partial charge in [-0.3, -0.25) is 10.1 Å². The number of benzene rings is 3. The highest BCUT2D eigenvalue weighted by atomic mass is 35.5. The van der Waals surface area contributed by atoms with Crippen LogP contribution in [0.5, 0.6) is 11.5 Å². The van der Waals surface area contributed by atoms with Gasteiger partial charge in [-0.1, -0.05) is 23.7 Å². The molecule has 0 aromatic heterocycles. The summed E-state index contributed by atoms with van der Waals surface area (Å²) in [6, 6.07) is 18.7. The molecule has 0 aliphatic rings. The number of hydrogen-bond acceptors (Lipinski definition) is 5. The van der Waals surface area contributed by atoms with Crippen LogP contribution in [0.2, 0.25) is 5.02 Å². The molecule has 3 aromatic rings. The molecule has 8 nitrogen and oxygen atoms in total. The van der Waals surface area contributed by atoms with Crippen LogP contribution in [0.4, 0.5) is 16.2 Å². The minimum Gasteiger partial charge on any atom is -0.477 e. The highest BCUT2D eigenvalue weighted by Gasteiger charge is 2.12. The molecule has 0 fully saturated rings. The Balaban J connectivity index is 1.67. The van der Waals surface area contributed by atoms with Gasteiger partial charge in [-0.05, 0) is 55.5 Å². The monoisotopic (exact) mass is 439 g/mol. The Labute approximate surface area is 183 Å². The van der Waals surface area contributed by atoms with Crippen LogP contribution in [0, 0.1) is 10.1 Å². The molecule has 31 heavy (non-hydrogen) atoms. The molecule has 9 heteroatoms. The number of non-ortho nitro benzene ring substituents is 1. The Morgan fingerprint density at radius 1 is 1.03 bits per heavy atom. The molecule has 0 atom stereocenters. The molecule has 0 aliphatic carbocycles. The van der Waals surface area contributed by atoms with E-state index in [0.29, 0.717) is 34.4 Å². The predicted molar refractivity (Wildman–Crippen MR) is 118 cm³/mol. The molecule has 0 spiro atoms. The summed E-state index contributed by atoms with van der Waals surface area (Å²) in [6.45, 7) is 2.11. The van der Waals surface area contributed by atoms with E-state index in [0.717, 1.165) is 0 Å². The molecule has 0 aliphatic heterocycles. The predicted octanol–water partition coefficient (Wildman–Crippen LogP) is 6.06. The fourth-order valence-electron chi connectivity index (χ4n) is 2.56. The number of carbonyl (C=O) groups is 1. The van der Waals surface area contributed by atoms with Crippen LogP contribution in [0.15, 0.2) is 77.8 Å². The number of nitro groups is 1. The maximum Gasteiger partial charge on any atom is 0.348 e. The van der Waals surface area contributed by atoms with Gasteiger partial charge >= 0.3 is 6.03 Å². The van der Waals surface area contributed by atoms with E-state index in [4.69, 9.17) is 21.1 Å². The van der Waals surface area contributed by atoms with E-state index in [9.17, 15) is 14.9 Å². The molecule has 2 amide bonds. The average molecular weight is 440 g/mol. The number of amides is 2. The second-order valence-electron chi connectivity index (χ2n) is 6.14. The number of carbonyl (C=O) groups excluding carboxylic acids is 1. The normalized spacial score (nSPS) is 11.0. The van der Waals surface area contributed by atoms with Gasteiger partial charge in [0.2, 0.25) is 5.90 Å². The van der Waals surface area contributed by atoms with E-state index in [1.165, 1.54) is 24.3 Å². The second-order valence-corrected chi connectivity index (χ2v) is 6.54. The van der Waals surface area contributed by atoms with Crippen LogP contribution in [0.3, 0.4) is 0 Å². The van der Waals surface area contributed by atoms with E-state index in [2.05, 4.69) is 10.3 Å². The van der Waals surface area contributed by atoms with Crippen molar-refractivity contribution >= 4 is 34.9 Å². The fourth-order valence-corrected chi connectivity index (χ4v) is 2.78. The summed E-state index contributed by atoms with van der Waals surface area (Å²) >= 11 is 6.17. The molecule has 0 unspecified atom stereocenters.